The molecular weight excluding hydrogens is 262 g/mol. The first-order valence-corrected chi connectivity index (χ1v) is 7.93. The minimum Gasteiger partial charge on any atom is -0.478 e. The molecule has 1 fully saturated rings. The Morgan fingerprint density at radius 1 is 1.21 bits per heavy atom. The van der Waals surface area contributed by atoms with Gasteiger partial charge in [-0.05, 0) is 63.2 Å². The van der Waals surface area contributed by atoms with Crippen LogP contribution in [0, 0.1) is 0 Å². The van der Waals surface area contributed by atoms with Crippen LogP contribution in [-0.2, 0) is 10.8 Å². The van der Waals surface area contributed by atoms with E-state index < -0.39 is 16.8 Å². The summed E-state index contributed by atoms with van der Waals surface area (Å²) >= 11 is 0. The number of carbonyl (C=O) groups is 1. The van der Waals surface area contributed by atoms with Gasteiger partial charge >= 0.3 is 5.97 Å². The van der Waals surface area contributed by atoms with E-state index in [0.29, 0.717) is 10.6 Å². The molecule has 1 unspecified atom stereocenters. The van der Waals surface area contributed by atoms with Crippen molar-refractivity contribution in [1.29, 1.82) is 0 Å². The monoisotopic (exact) mass is 281 g/mol. The molecule has 1 aromatic carbocycles. The van der Waals surface area contributed by atoms with Gasteiger partial charge in [0, 0.05) is 10.6 Å². The molecule has 0 bridgehead atoms. The van der Waals surface area contributed by atoms with Gasteiger partial charge in [-0.1, -0.05) is 0 Å². The van der Waals surface area contributed by atoms with Crippen LogP contribution in [0.1, 0.15) is 29.6 Å². The lowest BCUT2D eigenvalue weighted by Crippen LogP contribution is -2.21. The van der Waals surface area contributed by atoms with E-state index in [1.165, 1.54) is 38.1 Å². The number of hydrogen-bond donors (Lipinski definition) is 1. The van der Waals surface area contributed by atoms with Gasteiger partial charge in [-0.25, -0.2) is 4.79 Å². The van der Waals surface area contributed by atoms with Gasteiger partial charge in [-0.2, -0.15) is 0 Å². The van der Waals surface area contributed by atoms with Crippen molar-refractivity contribution in [2.75, 3.05) is 25.4 Å². The maximum atomic E-state index is 12.0. The van der Waals surface area contributed by atoms with Crippen LogP contribution < -0.4 is 0 Å². The molecule has 1 saturated heterocycles. The van der Waals surface area contributed by atoms with E-state index in [1.54, 1.807) is 12.1 Å². The molecule has 5 heteroatoms. The van der Waals surface area contributed by atoms with Crippen LogP contribution in [0.4, 0.5) is 0 Å². The fraction of sp³-hybridized carbons (Fsp3) is 0.500. The quantitative estimate of drug-likeness (QED) is 0.866. The summed E-state index contributed by atoms with van der Waals surface area (Å²) in [5.41, 5.74) is 0.234. The van der Waals surface area contributed by atoms with E-state index in [9.17, 15) is 9.00 Å². The molecule has 1 heterocycles. The smallest absolute Gasteiger partial charge is 0.335 e. The number of benzene rings is 1. The summed E-state index contributed by atoms with van der Waals surface area (Å²) in [4.78, 5) is 13.8. The second kappa shape index (κ2) is 6.82. The van der Waals surface area contributed by atoms with Crippen molar-refractivity contribution < 1.29 is 14.1 Å². The molecule has 2 rings (SSSR count). The molecule has 1 aliphatic heterocycles. The molecule has 0 saturated carbocycles. The van der Waals surface area contributed by atoms with E-state index in [-0.39, 0.29) is 5.56 Å². The Bertz CT molecular complexity index is 452. The highest BCUT2D eigenvalue weighted by atomic mass is 32.2. The van der Waals surface area contributed by atoms with Crippen molar-refractivity contribution >= 4 is 16.8 Å². The summed E-state index contributed by atoms with van der Waals surface area (Å²) in [6.07, 6.45) is 3.48. The van der Waals surface area contributed by atoms with Crippen LogP contribution >= 0.6 is 0 Å². The van der Waals surface area contributed by atoms with Crippen LogP contribution in [-0.4, -0.2) is 45.6 Å². The fourth-order valence-corrected chi connectivity index (χ4v) is 3.36. The van der Waals surface area contributed by atoms with Crippen molar-refractivity contribution in [1.82, 2.24) is 4.90 Å². The largest absolute Gasteiger partial charge is 0.478 e. The third kappa shape index (κ3) is 4.14. The van der Waals surface area contributed by atoms with Crippen molar-refractivity contribution in [2.45, 2.75) is 24.2 Å². The molecule has 0 aliphatic carbocycles. The van der Waals surface area contributed by atoms with Crippen molar-refractivity contribution in [2.24, 2.45) is 0 Å². The summed E-state index contributed by atoms with van der Waals surface area (Å²) in [6, 6.07) is 6.32. The highest BCUT2D eigenvalue weighted by Gasteiger charge is 2.12. The number of carboxylic acids is 1. The number of likely N-dealkylation sites (tertiary alicyclic amines) is 1. The van der Waals surface area contributed by atoms with Crippen LogP contribution in [0.5, 0.6) is 0 Å². The second-order valence-corrected chi connectivity index (χ2v) is 6.35. The minimum atomic E-state index is -1.02. The standard InChI is InChI=1S/C14H19NO3S/c16-14(17)12-4-6-13(7-5-12)19(18)11-3-10-15-8-1-2-9-15/h4-7H,1-3,8-11H2,(H,16,17). The Balaban J connectivity index is 1.80. The molecule has 1 atom stereocenters. The molecule has 1 N–H and O–H groups in total. The number of nitrogens with zero attached hydrogens (tertiary/aromatic N) is 1. The number of rotatable bonds is 6. The molecular formula is C14H19NO3S. The minimum absolute atomic E-state index is 0.234. The fourth-order valence-electron chi connectivity index (χ4n) is 2.29. The molecule has 0 radical (unpaired) electrons. The Morgan fingerprint density at radius 3 is 2.42 bits per heavy atom. The van der Waals surface area contributed by atoms with E-state index in [2.05, 4.69) is 4.90 Å². The molecule has 19 heavy (non-hydrogen) atoms. The molecule has 1 aliphatic rings. The highest BCUT2D eigenvalue weighted by molar-refractivity contribution is 7.85. The van der Waals surface area contributed by atoms with E-state index >= 15 is 0 Å². The maximum absolute atomic E-state index is 12.0. The topological polar surface area (TPSA) is 57.6 Å². The zero-order valence-electron chi connectivity index (χ0n) is 10.9. The third-order valence-electron chi connectivity index (χ3n) is 3.37. The Hall–Kier alpha value is -1.20. The van der Waals surface area contributed by atoms with Gasteiger partial charge in [0.1, 0.15) is 0 Å². The predicted octanol–water partition coefficient (Wildman–Crippen LogP) is 1.98. The van der Waals surface area contributed by atoms with Gasteiger partial charge in [-0.3, -0.25) is 4.21 Å². The average Bonchev–Trinajstić information content (AvgIpc) is 2.92. The summed E-state index contributed by atoms with van der Waals surface area (Å²) < 4.78 is 12.0. The third-order valence-corrected chi connectivity index (χ3v) is 4.82. The normalized spacial score (nSPS) is 17.5. The van der Waals surface area contributed by atoms with E-state index in [1.807, 2.05) is 0 Å². The first kappa shape index (κ1) is 14.2. The first-order valence-electron chi connectivity index (χ1n) is 6.61. The van der Waals surface area contributed by atoms with Crippen molar-refractivity contribution in [3.63, 3.8) is 0 Å². The van der Waals surface area contributed by atoms with Gasteiger partial charge in [0.2, 0.25) is 0 Å². The van der Waals surface area contributed by atoms with Crippen LogP contribution in [0.15, 0.2) is 29.2 Å². The van der Waals surface area contributed by atoms with Gasteiger partial charge < -0.3 is 10.0 Å². The lowest BCUT2D eigenvalue weighted by atomic mass is 10.2. The van der Waals surface area contributed by atoms with E-state index in [0.717, 1.165) is 13.0 Å². The van der Waals surface area contributed by atoms with Crippen molar-refractivity contribution in [3.8, 4) is 0 Å². The summed E-state index contributed by atoms with van der Waals surface area (Å²) in [5, 5.41) is 8.80. The molecule has 4 nitrogen and oxygen atoms in total. The molecule has 104 valence electrons. The highest BCUT2D eigenvalue weighted by Crippen LogP contribution is 2.12. The molecule has 0 amide bonds. The SMILES string of the molecule is O=C(O)c1ccc(S(=O)CCCN2CCCC2)cc1. The first-order chi connectivity index (χ1) is 9.16. The molecule has 0 spiro atoms. The lowest BCUT2D eigenvalue weighted by Gasteiger charge is -2.13. The van der Waals surface area contributed by atoms with E-state index in [4.69, 9.17) is 5.11 Å². The zero-order chi connectivity index (χ0) is 13.7. The van der Waals surface area contributed by atoms with Gasteiger partial charge in [0.05, 0.1) is 16.4 Å². The Morgan fingerprint density at radius 2 is 1.84 bits per heavy atom. The second-order valence-electron chi connectivity index (χ2n) is 4.78. The summed E-state index contributed by atoms with van der Waals surface area (Å²) in [6.45, 7) is 3.35. The summed E-state index contributed by atoms with van der Waals surface area (Å²) in [7, 11) is -1.02. The Kier molecular flexibility index (Phi) is 5.10. The van der Waals surface area contributed by atoms with Gasteiger partial charge in [0.15, 0.2) is 0 Å². The van der Waals surface area contributed by atoms with Gasteiger partial charge in [0.25, 0.3) is 0 Å². The maximum Gasteiger partial charge on any atom is 0.335 e. The summed E-state index contributed by atoms with van der Waals surface area (Å²) in [5.74, 6) is -0.311. The van der Waals surface area contributed by atoms with Crippen molar-refractivity contribution in [3.05, 3.63) is 29.8 Å². The molecule has 0 aromatic heterocycles. The number of carboxylic acid groups (broad SMARTS) is 1. The lowest BCUT2D eigenvalue weighted by molar-refractivity contribution is 0.0697. The average molecular weight is 281 g/mol. The molecule has 1 aromatic rings. The zero-order valence-corrected chi connectivity index (χ0v) is 11.7. The predicted molar refractivity (Wildman–Crippen MR) is 75.0 cm³/mol. The van der Waals surface area contributed by atoms with Crippen LogP contribution in [0.25, 0.3) is 0 Å². The van der Waals surface area contributed by atoms with Crippen LogP contribution in [0.2, 0.25) is 0 Å². The number of aromatic carboxylic acids is 1. The Labute approximate surface area is 115 Å². The van der Waals surface area contributed by atoms with Crippen LogP contribution in [0.3, 0.4) is 0 Å². The van der Waals surface area contributed by atoms with Gasteiger partial charge in [-0.15, -0.1) is 0 Å². The number of hydrogen-bond acceptors (Lipinski definition) is 3.